The SMILES string of the molecule is CC(=O)Nc1cccc(S(=O)(=O)N(C)CCc2ccncc2)c1. The molecule has 1 aromatic carbocycles. The van der Waals surface area contributed by atoms with Crippen LogP contribution in [0.4, 0.5) is 5.69 Å². The fraction of sp³-hybridized carbons (Fsp3) is 0.250. The van der Waals surface area contributed by atoms with Gasteiger partial charge in [0.25, 0.3) is 0 Å². The number of sulfonamides is 1. The molecule has 0 radical (unpaired) electrons. The van der Waals surface area contributed by atoms with Crippen LogP contribution in [0.5, 0.6) is 0 Å². The molecule has 0 aliphatic heterocycles. The van der Waals surface area contributed by atoms with Gasteiger partial charge in [-0.3, -0.25) is 9.78 Å². The molecule has 23 heavy (non-hydrogen) atoms. The van der Waals surface area contributed by atoms with Gasteiger partial charge >= 0.3 is 0 Å². The Bertz CT molecular complexity index is 776. The minimum Gasteiger partial charge on any atom is -0.326 e. The maximum absolute atomic E-state index is 12.6. The predicted octanol–water partition coefficient (Wildman–Crippen LogP) is 1.90. The van der Waals surface area contributed by atoms with Crippen LogP contribution < -0.4 is 5.32 Å². The first-order valence-corrected chi connectivity index (χ1v) is 8.56. The number of benzene rings is 1. The van der Waals surface area contributed by atoms with Gasteiger partial charge in [0.15, 0.2) is 0 Å². The van der Waals surface area contributed by atoms with Crippen LogP contribution in [0.3, 0.4) is 0 Å². The Kier molecular flexibility index (Phi) is 5.46. The van der Waals surface area contributed by atoms with Gasteiger partial charge in [-0.1, -0.05) is 6.07 Å². The van der Waals surface area contributed by atoms with E-state index >= 15 is 0 Å². The van der Waals surface area contributed by atoms with Gasteiger partial charge in [-0.05, 0) is 42.3 Å². The summed E-state index contributed by atoms with van der Waals surface area (Å²) in [5.41, 5.74) is 1.48. The number of amides is 1. The van der Waals surface area contributed by atoms with Crippen molar-refractivity contribution < 1.29 is 13.2 Å². The smallest absolute Gasteiger partial charge is 0.242 e. The van der Waals surface area contributed by atoms with Gasteiger partial charge in [-0.25, -0.2) is 12.7 Å². The van der Waals surface area contributed by atoms with E-state index in [1.165, 1.54) is 23.4 Å². The van der Waals surface area contributed by atoms with E-state index in [0.29, 0.717) is 18.7 Å². The van der Waals surface area contributed by atoms with Crippen molar-refractivity contribution in [3.8, 4) is 0 Å². The predicted molar refractivity (Wildman–Crippen MR) is 88.5 cm³/mol. The zero-order valence-electron chi connectivity index (χ0n) is 13.1. The van der Waals surface area contributed by atoms with E-state index in [1.807, 2.05) is 12.1 Å². The molecule has 7 heteroatoms. The molecule has 2 aromatic rings. The molecule has 1 amide bonds. The Morgan fingerprint density at radius 3 is 2.57 bits per heavy atom. The van der Waals surface area contributed by atoms with Gasteiger partial charge < -0.3 is 5.32 Å². The zero-order valence-corrected chi connectivity index (χ0v) is 13.9. The van der Waals surface area contributed by atoms with E-state index in [2.05, 4.69) is 10.3 Å². The number of aromatic nitrogens is 1. The summed E-state index contributed by atoms with van der Waals surface area (Å²) in [5, 5.41) is 2.59. The third-order valence-corrected chi connectivity index (χ3v) is 5.18. The Labute approximate surface area is 136 Å². The molecule has 0 spiro atoms. The van der Waals surface area contributed by atoms with Crippen LogP contribution >= 0.6 is 0 Å². The number of hydrogen-bond donors (Lipinski definition) is 1. The molecular weight excluding hydrogens is 314 g/mol. The molecule has 1 heterocycles. The molecule has 6 nitrogen and oxygen atoms in total. The van der Waals surface area contributed by atoms with E-state index < -0.39 is 10.0 Å². The number of pyridine rings is 1. The average Bonchev–Trinajstić information content (AvgIpc) is 2.53. The first kappa shape index (κ1) is 17.1. The molecule has 0 fully saturated rings. The van der Waals surface area contributed by atoms with Gasteiger partial charge in [0.05, 0.1) is 4.90 Å². The molecule has 0 aliphatic rings. The van der Waals surface area contributed by atoms with Crippen LogP contribution in [0.15, 0.2) is 53.7 Å². The second-order valence-electron chi connectivity index (χ2n) is 5.14. The van der Waals surface area contributed by atoms with Gasteiger partial charge in [0, 0.05) is 38.6 Å². The van der Waals surface area contributed by atoms with Crippen molar-refractivity contribution in [3.63, 3.8) is 0 Å². The summed E-state index contributed by atoms with van der Waals surface area (Å²) >= 11 is 0. The topological polar surface area (TPSA) is 79.4 Å². The van der Waals surface area contributed by atoms with Crippen molar-refractivity contribution >= 4 is 21.6 Å². The van der Waals surface area contributed by atoms with E-state index in [0.717, 1.165) is 5.56 Å². The fourth-order valence-electron chi connectivity index (χ4n) is 2.07. The van der Waals surface area contributed by atoms with E-state index in [4.69, 9.17) is 0 Å². The molecular formula is C16H19N3O3S. The summed E-state index contributed by atoms with van der Waals surface area (Å²) in [5.74, 6) is -0.245. The van der Waals surface area contributed by atoms with E-state index in [1.54, 1.807) is 31.6 Å². The molecule has 0 saturated heterocycles. The maximum atomic E-state index is 12.6. The highest BCUT2D eigenvalue weighted by molar-refractivity contribution is 7.89. The Morgan fingerprint density at radius 2 is 1.91 bits per heavy atom. The highest BCUT2D eigenvalue weighted by Crippen LogP contribution is 2.19. The Balaban J connectivity index is 2.12. The largest absolute Gasteiger partial charge is 0.326 e. The molecule has 0 bridgehead atoms. The minimum absolute atomic E-state index is 0.154. The Hall–Kier alpha value is -2.25. The lowest BCUT2D eigenvalue weighted by Gasteiger charge is -2.17. The van der Waals surface area contributed by atoms with Crippen LogP contribution in [0, 0.1) is 0 Å². The van der Waals surface area contributed by atoms with E-state index in [-0.39, 0.29) is 10.8 Å². The van der Waals surface area contributed by atoms with Crippen LogP contribution in [-0.4, -0.2) is 37.2 Å². The van der Waals surface area contributed by atoms with Crippen molar-refractivity contribution in [1.82, 2.24) is 9.29 Å². The summed E-state index contributed by atoms with van der Waals surface area (Å²) in [6.45, 7) is 1.73. The lowest BCUT2D eigenvalue weighted by molar-refractivity contribution is -0.114. The van der Waals surface area contributed by atoms with Gasteiger partial charge in [-0.2, -0.15) is 0 Å². The number of carbonyl (C=O) groups is 1. The summed E-state index contributed by atoms with van der Waals surface area (Å²) < 4.78 is 26.5. The van der Waals surface area contributed by atoms with Crippen molar-refractivity contribution in [2.24, 2.45) is 0 Å². The summed E-state index contributed by atoms with van der Waals surface area (Å²) in [6.07, 6.45) is 3.96. The third-order valence-electron chi connectivity index (χ3n) is 3.33. The lowest BCUT2D eigenvalue weighted by atomic mass is 10.2. The summed E-state index contributed by atoms with van der Waals surface area (Å²) in [7, 11) is -2.06. The van der Waals surface area contributed by atoms with Crippen LogP contribution in [0.25, 0.3) is 0 Å². The summed E-state index contributed by atoms with van der Waals surface area (Å²) in [6, 6.07) is 9.95. The number of nitrogens with one attached hydrogen (secondary N) is 1. The highest BCUT2D eigenvalue weighted by Gasteiger charge is 2.20. The molecule has 0 aliphatic carbocycles. The maximum Gasteiger partial charge on any atom is 0.242 e. The molecule has 0 saturated carbocycles. The number of carbonyl (C=O) groups excluding carboxylic acids is 1. The second kappa shape index (κ2) is 7.34. The zero-order chi connectivity index (χ0) is 16.9. The quantitative estimate of drug-likeness (QED) is 0.876. The monoisotopic (exact) mass is 333 g/mol. The van der Waals surface area contributed by atoms with Crippen molar-refractivity contribution in [3.05, 3.63) is 54.4 Å². The van der Waals surface area contributed by atoms with Gasteiger partial charge in [0.1, 0.15) is 0 Å². The number of anilines is 1. The number of hydrogen-bond acceptors (Lipinski definition) is 4. The van der Waals surface area contributed by atoms with Crippen LogP contribution in [0.2, 0.25) is 0 Å². The highest BCUT2D eigenvalue weighted by atomic mass is 32.2. The second-order valence-corrected chi connectivity index (χ2v) is 7.19. The average molecular weight is 333 g/mol. The molecule has 0 unspecified atom stereocenters. The van der Waals surface area contributed by atoms with Crippen LogP contribution in [0.1, 0.15) is 12.5 Å². The first-order valence-electron chi connectivity index (χ1n) is 7.12. The van der Waals surface area contributed by atoms with Crippen molar-refractivity contribution in [2.45, 2.75) is 18.2 Å². The molecule has 1 N–H and O–H groups in total. The van der Waals surface area contributed by atoms with Gasteiger partial charge in [-0.15, -0.1) is 0 Å². The Morgan fingerprint density at radius 1 is 1.22 bits per heavy atom. The fourth-order valence-corrected chi connectivity index (χ4v) is 3.29. The van der Waals surface area contributed by atoms with E-state index in [9.17, 15) is 13.2 Å². The lowest BCUT2D eigenvalue weighted by Crippen LogP contribution is -2.29. The van der Waals surface area contributed by atoms with Crippen LogP contribution in [-0.2, 0) is 21.2 Å². The summed E-state index contributed by atoms with van der Waals surface area (Å²) in [4.78, 5) is 15.2. The van der Waals surface area contributed by atoms with Crippen molar-refractivity contribution in [1.29, 1.82) is 0 Å². The molecule has 1 aromatic heterocycles. The standard InChI is InChI=1S/C16H19N3O3S/c1-13(20)18-15-4-3-5-16(12-15)23(21,22)19(2)11-8-14-6-9-17-10-7-14/h3-7,9-10,12H,8,11H2,1-2H3,(H,18,20). The molecule has 2 rings (SSSR count). The molecule has 0 atom stereocenters. The first-order chi connectivity index (χ1) is 10.9. The number of nitrogens with zero attached hydrogens (tertiary/aromatic N) is 2. The van der Waals surface area contributed by atoms with Gasteiger partial charge in [0.2, 0.25) is 15.9 Å². The number of likely N-dealkylation sites (N-methyl/N-ethyl adjacent to an activating group) is 1. The van der Waals surface area contributed by atoms with Crippen molar-refractivity contribution in [2.75, 3.05) is 18.9 Å². The number of rotatable bonds is 6. The molecule has 122 valence electrons. The third kappa shape index (κ3) is 4.61. The normalized spacial score (nSPS) is 11.4. The minimum atomic E-state index is -3.60.